The third-order valence-corrected chi connectivity index (χ3v) is 1.94. The van der Waals surface area contributed by atoms with Crippen molar-refractivity contribution in [2.45, 2.75) is 38.2 Å². The Morgan fingerprint density at radius 3 is 2.67 bits per heavy atom. The van der Waals surface area contributed by atoms with Gasteiger partial charge in [-0.05, 0) is 25.7 Å². The van der Waals surface area contributed by atoms with Crippen LogP contribution in [0, 0.1) is 0 Å². The summed E-state index contributed by atoms with van der Waals surface area (Å²) in [6.07, 6.45) is 6.93. The van der Waals surface area contributed by atoms with Gasteiger partial charge in [0.05, 0.1) is 0 Å². The summed E-state index contributed by atoms with van der Waals surface area (Å²) in [7, 11) is 0. The van der Waals surface area contributed by atoms with Gasteiger partial charge >= 0.3 is 0 Å². The third kappa shape index (κ3) is 3.37. The maximum Gasteiger partial charge on any atom is 0.263 e. The van der Waals surface area contributed by atoms with Crippen molar-refractivity contribution in [3.05, 3.63) is 0 Å². The summed E-state index contributed by atoms with van der Waals surface area (Å²) in [6.45, 7) is 0. The Hall–Kier alpha value is -1.06. The van der Waals surface area contributed by atoms with Gasteiger partial charge in [-0.3, -0.25) is 4.79 Å². The first-order valence-corrected chi connectivity index (χ1v) is 4.27. The zero-order valence-electron chi connectivity index (χ0n) is 7.03. The van der Waals surface area contributed by atoms with E-state index in [2.05, 4.69) is 5.16 Å². The van der Waals surface area contributed by atoms with Gasteiger partial charge in [0.25, 0.3) is 5.91 Å². The van der Waals surface area contributed by atoms with E-state index in [0.717, 1.165) is 19.1 Å². The van der Waals surface area contributed by atoms with E-state index in [1.807, 2.05) is 0 Å². The molecule has 1 saturated carbocycles. The van der Waals surface area contributed by atoms with Crippen molar-refractivity contribution >= 4 is 12.1 Å². The molecule has 1 rings (SSSR count). The molecule has 0 aromatic heterocycles. The van der Waals surface area contributed by atoms with E-state index in [0.29, 0.717) is 0 Å². The van der Waals surface area contributed by atoms with Crippen molar-refractivity contribution in [1.29, 1.82) is 0 Å². The van der Waals surface area contributed by atoms with E-state index >= 15 is 0 Å². The van der Waals surface area contributed by atoms with Crippen molar-refractivity contribution in [3.8, 4) is 0 Å². The number of rotatable bonds is 3. The predicted octanol–water partition coefficient (Wildman–Crippen LogP) is 0.807. The summed E-state index contributed by atoms with van der Waals surface area (Å²) in [5, 5.41) is 3.50. The summed E-state index contributed by atoms with van der Waals surface area (Å²) in [4.78, 5) is 15.3. The molecule has 0 bridgehead atoms. The predicted molar refractivity (Wildman–Crippen MR) is 45.6 cm³/mol. The van der Waals surface area contributed by atoms with Crippen molar-refractivity contribution in [3.63, 3.8) is 0 Å². The van der Waals surface area contributed by atoms with Crippen LogP contribution in [0.15, 0.2) is 5.16 Å². The molecule has 0 saturated heterocycles. The molecule has 0 unspecified atom stereocenters. The number of carbonyl (C=O) groups excluding carboxylic acids is 1. The number of nitrogens with two attached hydrogens (primary N) is 1. The van der Waals surface area contributed by atoms with E-state index in [1.165, 1.54) is 19.3 Å². The minimum atomic E-state index is -0.564. The van der Waals surface area contributed by atoms with Crippen molar-refractivity contribution in [2.24, 2.45) is 10.9 Å². The molecule has 1 aliphatic carbocycles. The average molecular weight is 170 g/mol. The largest absolute Gasteiger partial charge is 0.392 e. The first-order valence-electron chi connectivity index (χ1n) is 4.27. The molecule has 4 nitrogen and oxygen atoms in total. The maximum absolute atomic E-state index is 10.2. The van der Waals surface area contributed by atoms with Crippen LogP contribution >= 0.6 is 0 Å². The Morgan fingerprint density at radius 2 is 2.08 bits per heavy atom. The highest BCUT2D eigenvalue weighted by molar-refractivity contribution is 6.25. The Kier molecular flexibility index (Phi) is 3.57. The molecule has 1 aliphatic rings. The highest BCUT2D eigenvalue weighted by Gasteiger charge is 2.13. The number of hydrogen-bond donors (Lipinski definition) is 1. The quantitative estimate of drug-likeness (QED) is 0.503. The summed E-state index contributed by atoms with van der Waals surface area (Å²) < 4.78 is 0. The standard InChI is InChI=1S/C8H14N2O2/c9-8(11)6-10-12-7-4-2-1-3-5-7/h6-7H,1-5H2,(H2,9,11). The molecule has 0 radical (unpaired) electrons. The number of oxime groups is 1. The van der Waals surface area contributed by atoms with Gasteiger partial charge < -0.3 is 10.6 Å². The lowest BCUT2D eigenvalue weighted by atomic mass is 9.98. The van der Waals surface area contributed by atoms with Crippen LogP contribution < -0.4 is 5.73 Å². The van der Waals surface area contributed by atoms with Gasteiger partial charge in [-0.1, -0.05) is 11.6 Å². The van der Waals surface area contributed by atoms with Crippen LogP contribution in [0.2, 0.25) is 0 Å². The maximum atomic E-state index is 10.2. The lowest BCUT2D eigenvalue weighted by molar-refractivity contribution is -0.111. The van der Waals surface area contributed by atoms with E-state index in [4.69, 9.17) is 10.6 Å². The average Bonchev–Trinajstić information content (AvgIpc) is 2.05. The number of hydrogen-bond acceptors (Lipinski definition) is 3. The molecule has 0 aromatic carbocycles. The van der Waals surface area contributed by atoms with E-state index < -0.39 is 5.91 Å². The minimum absolute atomic E-state index is 0.189. The van der Waals surface area contributed by atoms with E-state index in [9.17, 15) is 4.79 Å². The monoisotopic (exact) mass is 170 g/mol. The van der Waals surface area contributed by atoms with Crippen LogP contribution in [0.1, 0.15) is 32.1 Å². The Labute approximate surface area is 71.8 Å². The molecule has 12 heavy (non-hydrogen) atoms. The fourth-order valence-electron chi connectivity index (χ4n) is 1.34. The van der Waals surface area contributed by atoms with Gasteiger partial charge in [0.1, 0.15) is 12.3 Å². The molecule has 1 amide bonds. The summed E-state index contributed by atoms with van der Waals surface area (Å²) in [5.41, 5.74) is 4.84. The Bertz CT molecular complexity index is 174. The lowest BCUT2D eigenvalue weighted by Crippen LogP contribution is -2.16. The number of carbonyl (C=O) groups is 1. The third-order valence-electron chi connectivity index (χ3n) is 1.94. The molecule has 0 aliphatic heterocycles. The molecule has 1 fully saturated rings. The highest BCUT2D eigenvalue weighted by Crippen LogP contribution is 2.19. The topological polar surface area (TPSA) is 64.7 Å². The van der Waals surface area contributed by atoms with Gasteiger partial charge in [-0.15, -0.1) is 0 Å². The second-order valence-corrected chi connectivity index (χ2v) is 3.00. The molecule has 0 spiro atoms. The van der Waals surface area contributed by atoms with Gasteiger partial charge in [-0.25, -0.2) is 0 Å². The fraction of sp³-hybridized carbons (Fsp3) is 0.750. The molecule has 0 atom stereocenters. The summed E-state index contributed by atoms with van der Waals surface area (Å²) >= 11 is 0. The Morgan fingerprint density at radius 1 is 1.42 bits per heavy atom. The van der Waals surface area contributed by atoms with E-state index in [1.54, 1.807) is 0 Å². The first-order chi connectivity index (χ1) is 5.79. The SMILES string of the molecule is NC(=O)C=NOC1CCCCC1. The van der Waals surface area contributed by atoms with Gasteiger partial charge in [0.2, 0.25) is 0 Å². The smallest absolute Gasteiger partial charge is 0.263 e. The second kappa shape index (κ2) is 4.74. The number of amides is 1. The van der Waals surface area contributed by atoms with Gasteiger partial charge in [0, 0.05) is 0 Å². The number of primary amides is 1. The lowest BCUT2D eigenvalue weighted by Gasteiger charge is -2.18. The second-order valence-electron chi connectivity index (χ2n) is 3.00. The van der Waals surface area contributed by atoms with Crippen LogP contribution in [0.5, 0.6) is 0 Å². The van der Waals surface area contributed by atoms with Crippen molar-refractivity contribution in [1.82, 2.24) is 0 Å². The normalized spacial score (nSPS) is 19.7. The van der Waals surface area contributed by atoms with Crippen LogP contribution in [-0.2, 0) is 9.63 Å². The summed E-state index contributed by atoms with van der Waals surface area (Å²) in [5.74, 6) is -0.564. The zero-order chi connectivity index (χ0) is 8.81. The van der Waals surface area contributed by atoms with E-state index in [-0.39, 0.29) is 6.10 Å². The molecule has 4 heteroatoms. The molecule has 2 N–H and O–H groups in total. The highest BCUT2D eigenvalue weighted by atomic mass is 16.6. The van der Waals surface area contributed by atoms with Crippen molar-refractivity contribution in [2.75, 3.05) is 0 Å². The fourth-order valence-corrected chi connectivity index (χ4v) is 1.34. The Balaban J connectivity index is 2.17. The molecule has 0 aromatic rings. The molecule has 68 valence electrons. The minimum Gasteiger partial charge on any atom is -0.392 e. The zero-order valence-corrected chi connectivity index (χ0v) is 7.03. The van der Waals surface area contributed by atoms with Crippen LogP contribution in [-0.4, -0.2) is 18.2 Å². The van der Waals surface area contributed by atoms with Crippen molar-refractivity contribution < 1.29 is 9.63 Å². The number of nitrogens with zero attached hydrogens (tertiary/aromatic N) is 1. The molecular weight excluding hydrogens is 156 g/mol. The first kappa shape index (κ1) is 9.03. The summed E-state index contributed by atoms with van der Waals surface area (Å²) in [6, 6.07) is 0. The molecular formula is C8H14N2O2. The molecule has 0 heterocycles. The van der Waals surface area contributed by atoms with Crippen LogP contribution in [0.25, 0.3) is 0 Å². The van der Waals surface area contributed by atoms with Crippen LogP contribution in [0.4, 0.5) is 0 Å². The van der Waals surface area contributed by atoms with Crippen LogP contribution in [0.3, 0.4) is 0 Å². The van der Waals surface area contributed by atoms with Gasteiger partial charge in [0.15, 0.2) is 0 Å². The van der Waals surface area contributed by atoms with Gasteiger partial charge in [-0.2, -0.15) is 0 Å².